The van der Waals surface area contributed by atoms with Gasteiger partial charge >= 0.3 is 17.9 Å². The Labute approximate surface area is 360 Å². The summed E-state index contributed by atoms with van der Waals surface area (Å²) >= 11 is 0. The van der Waals surface area contributed by atoms with Crippen molar-refractivity contribution in [2.75, 3.05) is 52.5 Å². The lowest BCUT2D eigenvalue weighted by Gasteiger charge is -2.26. The number of cyclic esters (lactones) is 2. The van der Waals surface area contributed by atoms with Gasteiger partial charge in [0.15, 0.2) is 0 Å². The third-order valence-corrected chi connectivity index (χ3v) is 10.1. The number of allylic oxidation sites excluding steroid dienone is 4. The van der Waals surface area contributed by atoms with Crippen LogP contribution in [-0.2, 0) is 47.7 Å². The lowest BCUT2D eigenvalue weighted by atomic mass is 9.98. The third-order valence-electron chi connectivity index (χ3n) is 10.1. The minimum atomic E-state index is -0.596. The molecule has 5 rings (SSSR count). The fraction of sp³-hybridized carbons (Fsp3) is 0.532. The van der Waals surface area contributed by atoms with Crippen LogP contribution in [0.5, 0.6) is 0 Å². The lowest BCUT2D eigenvalue weighted by molar-refractivity contribution is -0.157. The first kappa shape index (κ1) is 48.3. The zero-order valence-electron chi connectivity index (χ0n) is 35.9. The second-order valence-corrected chi connectivity index (χ2v) is 16.3. The van der Waals surface area contributed by atoms with Crippen LogP contribution in [0.2, 0.25) is 0 Å². The van der Waals surface area contributed by atoms with Gasteiger partial charge in [0.05, 0.1) is 44.6 Å². The van der Waals surface area contributed by atoms with E-state index in [1.54, 1.807) is 20.8 Å². The van der Waals surface area contributed by atoms with E-state index in [2.05, 4.69) is 20.9 Å². The Hall–Kier alpha value is -5.34. The van der Waals surface area contributed by atoms with Crippen molar-refractivity contribution in [1.82, 2.24) is 20.9 Å². The monoisotopic (exact) mass is 844 g/mol. The van der Waals surface area contributed by atoms with E-state index >= 15 is 0 Å². The molecule has 3 aliphatic heterocycles. The molecular formula is C47H64N4O10. The Morgan fingerprint density at radius 3 is 1.70 bits per heavy atom. The van der Waals surface area contributed by atoms with Crippen LogP contribution in [0.25, 0.3) is 0 Å². The van der Waals surface area contributed by atoms with Gasteiger partial charge in [0.1, 0.15) is 17.8 Å². The van der Waals surface area contributed by atoms with Crippen LogP contribution in [0.4, 0.5) is 0 Å². The minimum absolute atomic E-state index is 0.00321. The minimum Gasteiger partial charge on any atom is -0.460 e. The fourth-order valence-electron chi connectivity index (χ4n) is 6.86. The lowest BCUT2D eigenvalue weighted by Crippen LogP contribution is -2.39. The zero-order valence-corrected chi connectivity index (χ0v) is 35.9. The predicted octanol–water partition coefficient (Wildman–Crippen LogP) is 5.45. The molecule has 61 heavy (non-hydrogen) atoms. The molecule has 14 nitrogen and oxygen atoms in total. The molecule has 0 saturated carbocycles. The molecule has 4 atom stereocenters. The van der Waals surface area contributed by atoms with Crippen LogP contribution < -0.4 is 16.0 Å². The molecule has 0 unspecified atom stereocenters. The van der Waals surface area contributed by atoms with Crippen molar-refractivity contribution in [2.24, 2.45) is 11.8 Å². The van der Waals surface area contributed by atoms with Gasteiger partial charge < -0.3 is 34.9 Å². The van der Waals surface area contributed by atoms with E-state index in [1.807, 2.05) is 85.0 Å². The number of rotatable bonds is 10. The molecule has 0 aromatic heterocycles. The summed E-state index contributed by atoms with van der Waals surface area (Å²) in [6.07, 6.45) is 9.79. The van der Waals surface area contributed by atoms with E-state index in [1.165, 1.54) is 0 Å². The van der Waals surface area contributed by atoms with Crippen LogP contribution in [0, 0.1) is 11.8 Å². The quantitative estimate of drug-likeness (QED) is 0.120. The van der Waals surface area contributed by atoms with Crippen molar-refractivity contribution in [3.63, 3.8) is 0 Å². The predicted molar refractivity (Wildman–Crippen MR) is 229 cm³/mol. The van der Waals surface area contributed by atoms with E-state index in [9.17, 15) is 28.8 Å². The number of nitrogens with zero attached hydrogens (tertiary/aromatic N) is 1. The first-order valence-electron chi connectivity index (χ1n) is 21.5. The Bertz CT molecular complexity index is 1760. The fourth-order valence-corrected chi connectivity index (χ4v) is 6.86. The number of esters is 3. The number of nitrogens with one attached hydrogen (secondary N) is 3. The van der Waals surface area contributed by atoms with Crippen molar-refractivity contribution in [1.29, 1.82) is 0 Å². The van der Waals surface area contributed by atoms with E-state index in [4.69, 9.17) is 18.9 Å². The van der Waals surface area contributed by atoms with E-state index in [0.717, 1.165) is 50.4 Å². The number of ether oxygens (including phenoxy) is 4. The molecular weight excluding hydrogens is 781 g/mol. The Kier molecular flexibility index (Phi) is 20.7. The maximum atomic E-state index is 12.9. The number of benzene rings is 2. The van der Waals surface area contributed by atoms with Crippen molar-refractivity contribution in [3.8, 4) is 0 Å². The van der Waals surface area contributed by atoms with Gasteiger partial charge in [0.2, 0.25) is 17.7 Å². The Balaban J connectivity index is 0.000000272. The summed E-state index contributed by atoms with van der Waals surface area (Å²) in [6.45, 7) is 10.6. The number of morpholine rings is 1. The molecule has 2 aromatic rings. The average Bonchev–Trinajstić information content (AvgIpc) is 3.23. The van der Waals surface area contributed by atoms with Gasteiger partial charge in [-0.3, -0.25) is 33.7 Å². The summed E-state index contributed by atoms with van der Waals surface area (Å²) < 4.78 is 21.9. The molecule has 3 heterocycles. The maximum Gasteiger partial charge on any atom is 0.307 e. The summed E-state index contributed by atoms with van der Waals surface area (Å²) in [7, 11) is 0. The molecule has 14 heteroatoms. The Morgan fingerprint density at radius 2 is 1.21 bits per heavy atom. The summed E-state index contributed by atoms with van der Waals surface area (Å²) in [5.74, 6) is -2.59. The maximum absolute atomic E-state index is 12.9. The summed E-state index contributed by atoms with van der Waals surface area (Å²) in [6, 6.07) is 18.7. The van der Waals surface area contributed by atoms with Gasteiger partial charge in [0.25, 0.3) is 0 Å². The highest BCUT2D eigenvalue weighted by molar-refractivity contribution is 5.86. The van der Waals surface area contributed by atoms with Crippen LogP contribution in [0.15, 0.2) is 85.0 Å². The highest BCUT2D eigenvalue weighted by Gasteiger charge is 2.27. The molecule has 3 amide bonds. The summed E-state index contributed by atoms with van der Waals surface area (Å²) in [5.41, 5.74) is 1.04. The van der Waals surface area contributed by atoms with E-state index < -0.39 is 35.6 Å². The molecule has 3 N–H and O–H groups in total. The second-order valence-electron chi connectivity index (χ2n) is 16.3. The highest BCUT2D eigenvalue weighted by Crippen LogP contribution is 2.22. The number of carbonyl (C=O) groups is 6. The van der Waals surface area contributed by atoms with Crippen LogP contribution in [-0.4, -0.2) is 98.6 Å². The number of hydrogen-bond donors (Lipinski definition) is 3. The largest absolute Gasteiger partial charge is 0.460 e. The van der Waals surface area contributed by atoms with Crippen LogP contribution in [0.3, 0.4) is 0 Å². The van der Waals surface area contributed by atoms with Crippen LogP contribution in [0.1, 0.15) is 102 Å². The first-order chi connectivity index (χ1) is 29.4. The topological polar surface area (TPSA) is 179 Å². The van der Waals surface area contributed by atoms with Gasteiger partial charge in [-0.2, -0.15) is 0 Å². The molecule has 0 bridgehead atoms. The van der Waals surface area contributed by atoms with Crippen molar-refractivity contribution in [2.45, 2.75) is 96.4 Å². The molecule has 0 spiro atoms. The first-order valence-corrected chi connectivity index (χ1v) is 21.5. The van der Waals surface area contributed by atoms with E-state index in [0.29, 0.717) is 32.2 Å². The summed E-state index contributed by atoms with van der Waals surface area (Å²) in [4.78, 5) is 76.8. The number of amides is 3. The highest BCUT2D eigenvalue weighted by atomic mass is 16.6. The molecule has 332 valence electrons. The normalized spacial score (nSPS) is 23.5. The van der Waals surface area contributed by atoms with Gasteiger partial charge in [-0.25, -0.2) is 0 Å². The number of carbonyl (C=O) groups excluding carboxylic acids is 6. The van der Waals surface area contributed by atoms with Gasteiger partial charge in [-0.05, 0) is 70.5 Å². The number of hydrogen-bond acceptors (Lipinski definition) is 11. The molecule has 0 radical (unpaired) electrons. The van der Waals surface area contributed by atoms with Crippen molar-refractivity contribution in [3.05, 3.63) is 96.1 Å². The van der Waals surface area contributed by atoms with Gasteiger partial charge in [-0.15, -0.1) is 0 Å². The summed E-state index contributed by atoms with van der Waals surface area (Å²) in [5, 5.41) is 8.66. The molecule has 0 aliphatic carbocycles. The molecule has 1 saturated heterocycles. The second kappa shape index (κ2) is 26.1. The molecule has 3 aliphatic rings. The standard InChI is InChI=1S/C25H35N3O5.C22H29NO5/c29-23(26-12-7-13-28-14-16-32-17-15-28)18-21-10-5-2-6-11-24(30)33-22(19-27-25(21)31)20-8-3-1-4-9-20;1-22(2,3)28-20(25)14-17-12-8-5-9-13-19(24)27-18(15-23-21(17)26)16-10-6-4-7-11-16/h1-5,8-9,21-22H,6-7,10-19H2,(H,26,29)(H,27,31);4-8,10-11,17-18H,9,12-15H2,1-3H3,(H,23,26)/b5-2+;8-5+/t21-,22-;17-,18-/m00/s1. The van der Waals surface area contributed by atoms with Gasteiger partial charge in [-0.1, -0.05) is 85.0 Å². The SMILES string of the molecule is CC(C)(C)OC(=O)C[C@@H]1C/C=C/CCC(=O)O[C@H](c2ccccc2)CNC1=O.O=C(C[C@@H]1C/C=C/CCC(=O)O[C@H](c2ccccc2)CNC1=O)NCCCN1CCOCC1. The van der Waals surface area contributed by atoms with Crippen LogP contribution >= 0.6 is 0 Å². The average molecular weight is 845 g/mol. The third kappa shape index (κ3) is 19.3. The zero-order chi connectivity index (χ0) is 43.9. The van der Waals surface area contributed by atoms with E-state index in [-0.39, 0.29) is 68.4 Å². The molecule has 1 fully saturated rings. The molecule has 2 aromatic carbocycles. The Morgan fingerprint density at radius 1 is 0.721 bits per heavy atom. The van der Waals surface area contributed by atoms with Crippen molar-refractivity contribution < 1.29 is 47.7 Å². The van der Waals surface area contributed by atoms with Crippen molar-refractivity contribution >= 4 is 35.6 Å². The smallest absolute Gasteiger partial charge is 0.307 e. The van der Waals surface area contributed by atoms with Gasteiger partial charge in [0, 0.05) is 38.9 Å².